The minimum absolute atomic E-state index is 0.0644. The van der Waals surface area contributed by atoms with E-state index >= 15 is 0 Å². The number of rotatable bonds is 5. The van der Waals surface area contributed by atoms with Crippen LogP contribution in [-0.2, 0) is 11.3 Å². The van der Waals surface area contributed by atoms with Crippen LogP contribution in [0.15, 0.2) is 30.5 Å². The van der Waals surface area contributed by atoms with Crippen molar-refractivity contribution in [2.45, 2.75) is 13.5 Å². The standard InChI is InChI=1S/C13H16N4O2/c1-9-10(7-16-17-9)6-15-13(18)8-19-12-5-3-2-4-11(12)14/h2-5,7H,6,8,14H2,1H3,(H,15,18)(H,16,17). The Kier molecular flexibility index (Phi) is 4.02. The Morgan fingerprint density at radius 1 is 1.47 bits per heavy atom. The molecule has 1 amide bonds. The molecule has 0 spiro atoms. The molecule has 0 unspecified atom stereocenters. The third-order valence-electron chi connectivity index (χ3n) is 2.69. The molecule has 0 saturated carbocycles. The predicted octanol–water partition coefficient (Wildman–Crippen LogP) is 0.996. The number of nitrogen functional groups attached to an aromatic ring is 1. The fourth-order valence-electron chi connectivity index (χ4n) is 1.55. The highest BCUT2D eigenvalue weighted by Gasteiger charge is 2.06. The van der Waals surface area contributed by atoms with Gasteiger partial charge < -0.3 is 15.8 Å². The average molecular weight is 260 g/mol. The molecule has 6 nitrogen and oxygen atoms in total. The van der Waals surface area contributed by atoms with Gasteiger partial charge in [-0.25, -0.2) is 0 Å². The molecular weight excluding hydrogens is 244 g/mol. The van der Waals surface area contributed by atoms with Gasteiger partial charge in [0.15, 0.2) is 6.61 Å². The van der Waals surface area contributed by atoms with Crippen molar-refractivity contribution in [3.05, 3.63) is 41.7 Å². The quantitative estimate of drug-likeness (QED) is 0.699. The van der Waals surface area contributed by atoms with Crippen LogP contribution in [0.25, 0.3) is 0 Å². The zero-order chi connectivity index (χ0) is 13.7. The lowest BCUT2D eigenvalue weighted by Gasteiger charge is -2.08. The van der Waals surface area contributed by atoms with Gasteiger partial charge in [0.1, 0.15) is 5.75 Å². The second kappa shape index (κ2) is 5.90. The molecule has 0 atom stereocenters. The van der Waals surface area contributed by atoms with Crippen molar-refractivity contribution in [2.24, 2.45) is 0 Å². The highest BCUT2D eigenvalue weighted by atomic mass is 16.5. The molecule has 4 N–H and O–H groups in total. The summed E-state index contributed by atoms with van der Waals surface area (Å²) in [5.74, 6) is 0.306. The second-order valence-corrected chi connectivity index (χ2v) is 4.12. The first-order valence-corrected chi connectivity index (χ1v) is 5.89. The van der Waals surface area contributed by atoms with E-state index in [0.29, 0.717) is 18.0 Å². The van der Waals surface area contributed by atoms with Crippen molar-refractivity contribution in [3.63, 3.8) is 0 Å². The number of aryl methyl sites for hydroxylation is 1. The SMILES string of the molecule is Cc1[nH]ncc1CNC(=O)COc1ccccc1N. The van der Waals surface area contributed by atoms with Gasteiger partial charge in [-0.1, -0.05) is 12.1 Å². The van der Waals surface area contributed by atoms with Crippen LogP contribution in [0.2, 0.25) is 0 Å². The highest BCUT2D eigenvalue weighted by Crippen LogP contribution is 2.19. The van der Waals surface area contributed by atoms with Gasteiger partial charge in [0.25, 0.3) is 5.91 Å². The number of nitrogens with zero attached hydrogens (tertiary/aromatic N) is 1. The fraction of sp³-hybridized carbons (Fsp3) is 0.231. The first kappa shape index (κ1) is 12.9. The minimum atomic E-state index is -0.205. The van der Waals surface area contributed by atoms with Crippen molar-refractivity contribution in [1.29, 1.82) is 0 Å². The first-order chi connectivity index (χ1) is 9.16. The first-order valence-electron chi connectivity index (χ1n) is 5.89. The normalized spacial score (nSPS) is 10.2. The average Bonchev–Trinajstić information content (AvgIpc) is 2.81. The number of carbonyl (C=O) groups excluding carboxylic acids is 1. The van der Waals surface area contributed by atoms with Gasteiger partial charge in [-0.2, -0.15) is 5.10 Å². The van der Waals surface area contributed by atoms with Crippen molar-refractivity contribution in [2.75, 3.05) is 12.3 Å². The molecule has 6 heteroatoms. The number of nitrogens with two attached hydrogens (primary N) is 1. The van der Waals surface area contributed by atoms with Gasteiger partial charge >= 0.3 is 0 Å². The molecule has 0 aliphatic rings. The number of H-pyrrole nitrogens is 1. The molecule has 0 fully saturated rings. The van der Waals surface area contributed by atoms with E-state index in [0.717, 1.165) is 11.3 Å². The van der Waals surface area contributed by atoms with Crippen molar-refractivity contribution in [3.8, 4) is 5.75 Å². The van der Waals surface area contributed by atoms with Crippen LogP contribution in [0.5, 0.6) is 5.75 Å². The number of carbonyl (C=O) groups is 1. The zero-order valence-electron chi connectivity index (χ0n) is 10.6. The number of amides is 1. The molecule has 1 heterocycles. The number of para-hydroxylation sites is 2. The van der Waals surface area contributed by atoms with E-state index in [1.54, 1.807) is 24.4 Å². The highest BCUT2D eigenvalue weighted by molar-refractivity contribution is 5.77. The summed E-state index contributed by atoms with van der Waals surface area (Å²) in [6.07, 6.45) is 1.69. The number of hydrogen-bond acceptors (Lipinski definition) is 4. The Labute approximate surface area is 111 Å². The predicted molar refractivity (Wildman–Crippen MR) is 71.5 cm³/mol. The van der Waals surface area contributed by atoms with Crippen LogP contribution >= 0.6 is 0 Å². The molecule has 0 bridgehead atoms. The maximum absolute atomic E-state index is 11.6. The molecule has 2 aromatic rings. The van der Waals surface area contributed by atoms with Crippen LogP contribution in [0.3, 0.4) is 0 Å². The van der Waals surface area contributed by atoms with Gasteiger partial charge in [0, 0.05) is 17.8 Å². The van der Waals surface area contributed by atoms with Crippen LogP contribution in [0.1, 0.15) is 11.3 Å². The van der Waals surface area contributed by atoms with Gasteiger partial charge in [0.2, 0.25) is 0 Å². The Hall–Kier alpha value is -2.50. The van der Waals surface area contributed by atoms with E-state index < -0.39 is 0 Å². The van der Waals surface area contributed by atoms with E-state index in [-0.39, 0.29) is 12.5 Å². The molecule has 0 radical (unpaired) electrons. The molecule has 1 aromatic heterocycles. The lowest BCUT2D eigenvalue weighted by atomic mass is 10.2. The Bertz CT molecular complexity index is 565. The summed E-state index contributed by atoms with van der Waals surface area (Å²) in [6.45, 7) is 2.26. The lowest BCUT2D eigenvalue weighted by Crippen LogP contribution is -2.28. The third kappa shape index (κ3) is 3.48. The van der Waals surface area contributed by atoms with E-state index in [1.165, 1.54) is 0 Å². The van der Waals surface area contributed by atoms with Gasteiger partial charge in [-0.05, 0) is 19.1 Å². The number of hydrogen-bond donors (Lipinski definition) is 3. The van der Waals surface area contributed by atoms with Crippen LogP contribution in [0.4, 0.5) is 5.69 Å². The van der Waals surface area contributed by atoms with E-state index in [9.17, 15) is 4.79 Å². The Morgan fingerprint density at radius 3 is 2.95 bits per heavy atom. The summed E-state index contributed by atoms with van der Waals surface area (Å²) in [4.78, 5) is 11.6. The molecule has 0 aliphatic carbocycles. The van der Waals surface area contributed by atoms with Gasteiger partial charge in [-0.15, -0.1) is 0 Å². The smallest absolute Gasteiger partial charge is 0.258 e. The van der Waals surface area contributed by atoms with E-state index in [2.05, 4.69) is 15.5 Å². The molecule has 100 valence electrons. The third-order valence-corrected chi connectivity index (χ3v) is 2.69. The monoisotopic (exact) mass is 260 g/mol. The summed E-state index contributed by atoms with van der Waals surface area (Å²) in [7, 11) is 0. The van der Waals surface area contributed by atoms with Crippen LogP contribution < -0.4 is 15.8 Å². The minimum Gasteiger partial charge on any atom is -0.482 e. The van der Waals surface area contributed by atoms with Gasteiger partial charge in [-0.3, -0.25) is 9.89 Å². The van der Waals surface area contributed by atoms with Crippen molar-refractivity contribution >= 4 is 11.6 Å². The lowest BCUT2D eigenvalue weighted by molar-refractivity contribution is -0.123. The number of anilines is 1. The number of ether oxygens (including phenoxy) is 1. The molecular formula is C13H16N4O2. The van der Waals surface area contributed by atoms with E-state index in [4.69, 9.17) is 10.5 Å². The van der Waals surface area contributed by atoms with Crippen LogP contribution in [0, 0.1) is 6.92 Å². The summed E-state index contributed by atoms with van der Waals surface area (Å²) in [6, 6.07) is 7.06. The number of nitrogens with one attached hydrogen (secondary N) is 2. The number of aromatic nitrogens is 2. The summed E-state index contributed by atoms with van der Waals surface area (Å²) >= 11 is 0. The van der Waals surface area contributed by atoms with Gasteiger partial charge in [0.05, 0.1) is 11.9 Å². The second-order valence-electron chi connectivity index (χ2n) is 4.12. The number of aromatic amines is 1. The summed E-state index contributed by atoms with van der Waals surface area (Å²) in [5.41, 5.74) is 8.11. The summed E-state index contributed by atoms with van der Waals surface area (Å²) in [5, 5.41) is 9.44. The summed E-state index contributed by atoms with van der Waals surface area (Å²) < 4.78 is 5.34. The largest absolute Gasteiger partial charge is 0.482 e. The fourth-order valence-corrected chi connectivity index (χ4v) is 1.55. The molecule has 0 aliphatic heterocycles. The van der Waals surface area contributed by atoms with Crippen molar-refractivity contribution in [1.82, 2.24) is 15.5 Å². The maximum atomic E-state index is 11.6. The zero-order valence-corrected chi connectivity index (χ0v) is 10.6. The number of benzene rings is 1. The molecule has 1 aromatic carbocycles. The Balaban J connectivity index is 1.79. The Morgan fingerprint density at radius 2 is 2.26 bits per heavy atom. The molecule has 0 saturated heterocycles. The van der Waals surface area contributed by atoms with Crippen LogP contribution in [-0.4, -0.2) is 22.7 Å². The van der Waals surface area contributed by atoms with Crippen molar-refractivity contribution < 1.29 is 9.53 Å². The molecule has 19 heavy (non-hydrogen) atoms. The topological polar surface area (TPSA) is 93.0 Å². The maximum Gasteiger partial charge on any atom is 0.258 e. The molecule has 2 rings (SSSR count). The van der Waals surface area contributed by atoms with E-state index in [1.807, 2.05) is 13.0 Å².